The first kappa shape index (κ1) is 14.5. The zero-order valence-corrected chi connectivity index (χ0v) is 11.8. The number of carbonyl (C=O) groups excluding carboxylic acids is 1. The van der Waals surface area contributed by atoms with Crippen LogP contribution in [0.5, 0.6) is 0 Å². The molecule has 1 amide bonds. The lowest BCUT2D eigenvalue weighted by Gasteiger charge is -2.29. The molecule has 1 saturated carbocycles. The molecule has 0 aliphatic heterocycles. The maximum absolute atomic E-state index is 11.6. The Kier molecular flexibility index (Phi) is 5.44. The summed E-state index contributed by atoms with van der Waals surface area (Å²) in [5.41, 5.74) is -0.310. The third-order valence-electron chi connectivity index (χ3n) is 3.89. The number of hydrogen-bond donors (Lipinski definition) is 2. The molecule has 0 bridgehead atoms. The lowest BCUT2D eigenvalue weighted by Crippen LogP contribution is -2.43. The predicted octanol–water partition coefficient (Wildman–Crippen LogP) is 2.17. The zero-order valence-electron chi connectivity index (χ0n) is 11.8. The van der Waals surface area contributed by atoms with E-state index in [0.717, 1.165) is 24.9 Å². The van der Waals surface area contributed by atoms with Crippen LogP contribution in [0.1, 0.15) is 46.5 Å². The van der Waals surface area contributed by atoms with Gasteiger partial charge in [0.05, 0.1) is 5.41 Å². The van der Waals surface area contributed by atoms with Crippen molar-refractivity contribution in [1.82, 2.24) is 10.6 Å². The molecule has 100 valence electrons. The molecule has 0 radical (unpaired) electrons. The molecule has 0 aromatic carbocycles. The Hall–Kier alpha value is -0.570. The van der Waals surface area contributed by atoms with Crippen LogP contribution in [0.15, 0.2) is 0 Å². The summed E-state index contributed by atoms with van der Waals surface area (Å²) in [5.74, 6) is 1.80. The zero-order chi connectivity index (χ0) is 12.9. The molecule has 2 N–H and O–H groups in total. The van der Waals surface area contributed by atoms with Gasteiger partial charge < -0.3 is 10.6 Å². The van der Waals surface area contributed by atoms with E-state index in [9.17, 15) is 4.79 Å². The van der Waals surface area contributed by atoms with E-state index in [-0.39, 0.29) is 11.3 Å². The topological polar surface area (TPSA) is 41.1 Å². The van der Waals surface area contributed by atoms with Gasteiger partial charge in [0.2, 0.25) is 5.91 Å². The summed E-state index contributed by atoms with van der Waals surface area (Å²) in [4.78, 5) is 11.6. The van der Waals surface area contributed by atoms with Crippen molar-refractivity contribution >= 4 is 5.91 Å². The monoisotopic (exact) mass is 240 g/mol. The minimum atomic E-state index is -0.310. The van der Waals surface area contributed by atoms with E-state index in [1.54, 1.807) is 7.05 Å². The molecule has 3 heteroatoms. The van der Waals surface area contributed by atoms with E-state index in [1.807, 2.05) is 13.8 Å². The smallest absolute Gasteiger partial charge is 0.226 e. The van der Waals surface area contributed by atoms with Crippen LogP contribution in [0, 0.1) is 17.3 Å². The van der Waals surface area contributed by atoms with Crippen LogP contribution >= 0.6 is 0 Å². The second-order valence-corrected chi connectivity index (χ2v) is 6.23. The van der Waals surface area contributed by atoms with Gasteiger partial charge in [-0.2, -0.15) is 0 Å². The van der Waals surface area contributed by atoms with Crippen molar-refractivity contribution in [2.45, 2.75) is 46.5 Å². The highest BCUT2D eigenvalue weighted by Crippen LogP contribution is 2.28. The van der Waals surface area contributed by atoms with Gasteiger partial charge in [-0.3, -0.25) is 4.79 Å². The van der Waals surface area contributed by atoms with Crippen LogP contribution < -0.4 is 10.6 Å². The number of rotatable bonds is 5. The van der Waals surface area contributed by atoms with Gasteiger partial charge in [0.25, 0.3) is 0 Å². The Morgan fingerprint density at radius 1 is 1.35 bits per heavy atom. The molecule has 1 aliphatic rings. The third-order valence-corrected chi connectivity index (χ3v) is 3.89. The minimum absolute atomic E-state index is 0.113. The highest BCUT2D eigenvalue weighted by molar-refractivity contribution is 5.81. The van der Waals surface area contributed by atoms with Crippen molar-refractivity contribution in [1.29, 1.82) is 0 Å². The van der Waals surface area contributed by atoms with Crippen molar-refractivity contribution in [2.24, 2.45) is 17.3 Å². The second kappa shape index (κ2) is 6.39. The summed E-state index contributed by atoms with van der Waals surface area (Å²) in [6.07, 6.45) is 5.44. The fraction of sp³-hybridized carbons (Fsp3) is 0.929. The Morgan fingerprint density at radius 2 is 2.06 bits per heavy atom. The van der Waals surface area contributed by atoms with Crippen LogP contribution in [0.4, 0.5) is 0 Å². The number of hydrogen-bond acceptors (Lipinski definition) is 2. The Bertz CT molecular complexity index is 251. The first-order valence-electron chi connectivity index (χ1n) is 6.88. The van der Waals surface area contributed by atoms with Crippen molar-refractivity contribution in [2.75, 3.05) is 20.1 Å². The van der Waals surface area contributed by atoms with Gasteiger partial charge in [-0.05, 0) is 45.1 Å². The van der Waals surface area contributed by atoms with Gasteiger partial charge in [-0.25, -0.2) is 0 Å². The molecule has 1 fully saturated rings. The average Bonchev–Trinajstić information content (AvgIpc) is 2.27. The Labute approximate surface area is 106 Å². The molecule has 1 rings (SSSR count). The number of nitrogens with one attached hydrogen (secondary N) is 2. The summed E-state index contributed by atoms with van der Waals surface area (Å²) in [6.45, 7) is 8.15. The maximum Gasteiger partial charge on any atom is 0.226 e. The van der Waals surface area contributed by atoms with Gasteiger partial charge in [0.15, 0.2) is 0 Å². The van der Waals surface area contributed by atoms with E-state index in [1.165, 1.54) is 25.7 Å². The first-order chi connectivity index (χ1) is 7.95. The van der Waals surface area contributed by atoms with Crippen molar-refractivity contribution in [3.05, 3.63) is 0 Å². The van der Waals surface area contributed by atoms with Crippen LogP contribution in [0.2, 0.25) is 0 Å². The molecule has 0 aromatic rings. The lowest BCUT2D eigenvalue weighted by molar-refractivity contribution is -0.128. The molecule has 0 saturated heterocycles. The number of carbonyl (C=O) groups is 1. The largest absolute Gasteiger partial charge is 0.359 e. The van der Waals surface area contributed by atoms with Crippen LogP contribution in [0.3, 0.4) is 0 Å². The molecule has 1 aliphatic carbocycles. The summed E-state index contributed by atoms with van der Waals surface area (Å²) < 4.78 is 0. The predicted molar refractivity (Wildman–Crippen MR) is 71.8 cm³/mol. The Balaban J connectivity index is 2.25. The first-order valence-corrected chi connectivity index (χ1v) is 6.88. The number of amides is 1. The molecular weight excluding hydrogens is 212 g/mol. The summed E-state index contributed by atoms with van der Waals surface area (Å²) in [5, 5.41) is 6.19. The van der Waals surface area contributed by atoms with Crippen LogP contribution in [-0.4, -0.2) is 26.0 Å². The summed E-state index contributed by atoms with van der Waals surface area (Å²) >= 11 is 0. The maximum atomic E-state index is 11.6. The molecule has 3 nitrogen and oxygen atoms in total. The van der Waals surface area contributed by atoms with Gasteiger partial charge in [-0.1, -0.05) is 19.8 Å². The van der Waals surface area contributed by atoms with E-state index in [0.29, 0.717) is 0 Å². The normalized spacial score (nSPS) is 25.6. The molecule has 0 aromatic heterocycles. The third kappa shape index (κ3) is 4.66. The van der Waals surface area contributed by atoms with E-state index >= 15 is 0 Å². The Morgan fingerprint density at radius 3 is 2.65 bits per heavy atom. The summed E-state index contributed by atoms with van der Waals surface area (Å²) in [6, 6.07) is 0. The van der Waals surface area contributed by atoms with Crippen LogP contribution in [-0.2, 0) is 4.79 Å². The van der Waals surface area contributed by atoms with Gasteiger partial charge in [-0.15, -0.1) is 0 Å². The molecule has 0 unspecified atom stereocenters. The average molecular weight is 240 g/mol. The standard InChI is InChI=1S/C14H28N2O/c1-11-6-5-7-12(8-11)9-16-10-14(2,3)13(17)15-4/h11-12,16H,5-10H2,1-4H3,(H,15,17)/t11-,12-/m1/s1. The molecule has 0 spiro atoms. The van der Waals surface area contributed by atoms with Crippen molar-refractivity contribution in [3.63, 3.8) is 0 Å². The van der Waals surface area contributed by atoms with Gasteiger partial charge in [0, 0.05) is 13.6 Å². The quantitative estimate of drug-likeness (QED) is 0.773. The molecule has 17 heavy (non-hydrogen) atoms. The van der Waals surface area contributed by atoms with Crippen molar-refractivity contribution < 1.29 is 4.79 Å². The van der Waals surface area contributed by atoms with Crippen molar-refractivity contribution in [3.8, 4) is 0 Å². The van der Waals surface area contributed by atoms with E-state index in [2.05, 4.69) is 17.6 Å². The lowest BCUT2D eigenvalue weighted by atomic mass is 9.82. The van der Waals surface area contributed by atoms with Gasteiger partial charge in [0.1, 0.15) is 0 Å². The van der Waals surface area contributed by atoms with E-state index < -0.39 is 0 Å². The fourth-order valence-electron chi connectivity index (χ4n) is 2.75. The van der Waals surface area contributed by atoms with Crippen LogP contribution in [0.25, 0.3) is 0 Å². The summed E-state index contributed by atoms with van der Waals surface area (Å²) in [7, 11) is 1.70. The molecular formula is C14H28N2O. The fourth-order valence-corrected chi connectivity index (χ4v) is 2.75. The molecule has 0 heterocycles. The second-order valence-electron chi connectivity index (χ2n) is 6.23. The highest BCUT2D eigenvalue weighted by atomic mass is 16.2. The SMILES string of the molecule is CNC(=O)C(C)(C)CNC[C@@H]1CCC[C@@H](C)C1. The van der Waals surface area contributed by atoms with E-state index in [4.69, 9.17) is 0 Å². The molecule has 2 atom stereocenters. The minimum Gasteiger partial charge on any atom is -0.359 e. The van der Waals surface area contributed by atoms with Gasteiger partial charge >= 0.3 is 0 Å². The highest BCUT2D eigenvalue weighted by Gasteiger charge is 2.26.